The standard InChI is InChI=1S/C20H21N5O4/c26-19-9-16(29-25-19)11-22-20(27)14-3-1-2-13(8-14)12-28-15-4-5-17(21-10-15)18-6-7-23-24-18/h1-5,8-10,18,23-24H,6-7,11-12H2,(H,22,27)(H,25,26). The molecular weight excluding hydrogens is 374 g/mol. The van der Waals surface area contributed by atoms with Crippen molar-refractivity contribution in [3.05, 3.63) is 81.6 Å². The summed E-state index contributed by atoms with van der Waals surface area (Å²) in [5.41, 5.74) is 8.25. The van der Waals surface area contributed by atoms with Crippen LogP contribution < -0.4 is 26.5 Å². The van der Waals surface area contributed by atoms with Crippen molar-refractivity contribution in [3.63, 3.8) is 0 Å². The predicted molar refractivity (Wildman–Crippen MR) is 104 cm³/mol. The first-order chi connectivity index (χ1) is 14.2. The molecule has 9 heteroatoms. The summed E-state index contributed by atoms with van der Waals surface area (Å²) in [6.45, 7) is 1.37. The van der Waals surface area contributed by atoms with Crippen molar-refractivity contribution in [3.8, 4) is 5.75 Å². The fourth-order valence-corrected chi connectivity index (χ4v) is 3.04. The van der Waals surface area contributed by atoms with Gasteiger partial charge < -0.3 is 14.6 Å². The van der Waals surface area contributed by atoms with E-state index in [4.69, 9.17) is 9.26 Å². The van der Waals surface area contributed by atoms with E-state index in [2.05, 4.69) is 26.3 Å². The number of hydrogen-bond donors (Lipinski definition) is 4. The number of hydrogen-bond acceptors (Lipinski definition) is 7. The Labute approximate surface area is 166 Å². The van der Waals surface area contributed by atoms with Crippen molar-refractivity contribution in [2.24, 2.45) is 0 Å². The lowest BCUT2D eigenvalue weighted by atomic mass is 10.1. The molecule has 0 spiro atoms. The van der Waals surface area contributed by atoms with Crippen LogP contribution in [-0.4, -0.2) is 22.6 Å². The van der Waals surface area contributed by atoms with Gasteiger partial charge in [0.1, 0.15) is 12.4 Å². The Morgan fingerprint density at radius 1 is 1.28 bits per heavy atom. The third kappa shape index (κ3) is 4.89. The SMILES string of the molecule is O=C(NCc1cc(=O)[nH]o1)c1cccc(COc2ccc(C3CCNN3)nc2)c1. The van der Waals surface area contributed by atoms with Gasteiger partial charge >= 0.3 is 0 Å². The Bertz CT molecular complexity index is 1020. The van der Waals surface area contributed by atoms with Crippen LogP contribution in [0, 0.1) is 0 Å². The van der Waals surface area contributed by atoms with Crippen molar-refractivity contribution in [1.82, 2.24) is 26.3 Å². The first kappa shape index (κ1) is 18.9. The second kappa shape index (κ2) is 8.72. The molecule has 0 bridgehead atoms. The number of hydrazine groups is 1. The molecule has 3 heterocycles. The molecule has 3 aromatic rings. The lowest BCUT2D eigenvalue weighted by Gasteiger charge is -2.11. The fourth-order valence-electron chi connectivity index (χ4n) is 3.04. The van der Waals surface area contributed by atoms with E-state index in [-0.39, 0.29) is 24.1 Å². The minimum Gasteiger partial charge on any atom is -0.487 e. The van der Waals surface area contributed by atoms with Crippen LogP contribution in [0.15, 0.2) is 58.0 Å². The average molecular weight is 395 g/mol. The van der Waals surface area contributed by atoms with Gasteiger partial charge in [-0.05, 0) is 36.2 Å². The van der Waals surface area contributed by atoms with Crippen molar-refractivity contribution < 1.29 is 14.1 Å². The Morgan fingerprint density at radius 3 is 2.93 bits per heavy atom. The van der Waals surface area contributed by atoms with Gasteiger partial charge in [-0.2, -0.15) is 5.16 Å². The summed E-state index contributed by atoms with van der Waals surface area (Å²) < 4.78 is 10.7. The number of benzene rings is 1. The summed E-state index contributed by atoms with van der Waals surface area (Å²) in [4.78, 5) is 27.8. The smallest absolute Gasteiger partial charge is 0.280 e. The molecule has 9 nitrogen and oxygen atoms in total. The molecule has 1 aromatic carbocycles. The van der Waals surface area contributed by atoms with Crippen LogP contribution in [0.3, 0.4) is 0 Å². The molecule has 4 rings (SSSR count). The van der Waals surface area contributed by atoms with Gasteiger partial charge in [0.2, 0.25) is 0 Å². The first-order valence-electron chi connectivity index (χ1n) is 9.29. The zero-order valence-electron chi connectivity index (χ0n) is 15.6. The maximum Gasteiger partial charge on any atom is 0.280 e. The van der Waals surface area contributed by atoms with Gasteiger partial charge in [-0.3, -0.25) is 20.0 Å². The lowest BCUT2D eigenvalue weighted by Crippen LogP contribution is -2.25. The molecule has 4 N–H and O–H groups in total. The summed E-state index contributed by atoms with van der Waals surface area (Å²) in [5.74, 6) is 0.763. The Morgan fingerprint density at radius 2 is 2.21 bits per heavy atom. The zero-order chi connectivity index (χ0) is 20.1. The van der Waals surface area contributed by atoms with Crippen molar-refractivity contribution in [1.29, 1.82) is 0 Å². The second-order valence-electron chi connectivity index (χ2n) is 6.68. The van der Waals surface area contributed by atoms with E-state index in [9.17, 15) is 9.59 Å². The van der Waals surface area contributed by atoms with Crippen LogP contribution in [0.4, 0.5) is 0 Å². The molecule has 1 aliphatic heterocycles. The topological polar surface area (TPSA) is 121 Å². The maximum atomic E-state index is 12.3. The molecular formula is C20H21N5O4. The molecule has 0 aliphatic carbocycles. The summed E-state index contributed by atoms with van der Waals surface area (Å²) in [7, 11) is 0. The molecule has 1 saturated heterocycles. The van der Waals surface area contributed by atoms with Crippen molar-refractivity contribution in [2.75, 3.05) is 6.54 Å². The number of pyridine rings is 1. The number of rotatable bonds is 7. The molecule has 1 unspecified atom stereocenters. The number of aromatic nitrogens is 2. The number of ether oxygens (including phenoxy) is 1. The molecule has 1 atom stereocenters. The number of nitrogens with one attached hydrogen (secondary N) is 4. The van der Waals surface area contributed by atoms with Crippen LogP contribution in [-0.2, 0) is 13.2 Å². The van der Waals surface area contributed by atoms with Gasteiger partial charge in [-0.15, -0.1) is 0 Å². The van der Waals surface area contributed by atoms with Gasteiger partial charge in [0.25, 0.3) is 11.5 Å². The maximum absolute atomic E-state index is 12.3. The minimum absolute atomic E-state index is 0.127. The summed E-state index contributed by atoms with van der Waals surface area (Å²) in [5, 5.41) is 4.89. The van der Waals surface area contributed by atoms with Crippen LogP contribution in [0.5, 0.6) is 5.75 Å². The number of carbonyl (C=O) groups excluding carboxylic acids is 1. The second-order valence-corrected chi connectivity index (χ2v) is 6.68. The van der Waals surface area contributed by atoms with E-state index in [0.29, 0.717) is 23.7 Å². The van der Waals surface area contributed by atoms with Gasteiger partial charge in [0.05, 0.1) is 24.5 Å². The predicted octanol–water partition coefficient (Wildman–Crippen LogP) is 1.41. The Kier molecular flexibility index (Phi) is 5.68. The largest absolute Gasteiger partial charge is 0.487 e. The lowest BCUT2D eigenvalue weighted by molar-refractivity contribution is 0.0947. The Hall–Kier alpha value is -3.43. The van der Waals surface area contributed by atoms with Crippen molar-refractivity contribution in [2.45, 2.75) is 25.6 Å². The number of carbonyl (C=O) groups is 1. The molecule has 29 heavy (non-hydrogen) atoms. The average Bonchev–Trinajstić information content (AvgIpc) is 3.43. The van der Waals surface area contributed by atoms with Crippen molar-refractivity contribution >= 4 is 5.91 Å². The highest BCUT2D eigenvalue weighted by molar-refractivity contribution is 5.94. The van der Waals surface area contributed by atoms with Crippen LogP contribution in [0.2, 0.25) is 0 Å². The third-order valence-electron chi connectivity index (χ3n) is 4.54. The van der Waals surface area contributed by atoms with Gasteiger partial charge in [-0.25, -0.2) is 5.43 Å². The highest BCUT2D eigenvalue weighted by atomic mass is 16.5. The van der Waals surface area contributed by atoms with E-state index in [1.54, 1.807) is 24.4 Å². The molecule has 0 saturated carbocycles. The molecule has 1 aliphatic rings. The van der Waals surface area contributed by atoms with Crippen LogP contribution >= 0.6 is 0 Å². The molecule has 150 valence electrons. The number of nitrogens with zero attached hydrogens (tertiary/aromatic N) is 1. The quantitative estimate of drug-likeness (QED) is 0.477. The first-order valence-corrected chi connectivity index (χ1v) is 9.29. The molecule has 1 fully saturated rings. The monoisotopic (exact) mass is 395 g/mol. The van der Waals surface area contributed by atoms with Gasteiger partial charge in [0, 0.05) is 18.2 Å². The molecule has 2 aromatic heterocycles. The fraction of sp³-hybridized carbons (Fsp3) is 0.250. The molecule has 0 radical (unpaired) electrons. The van der Waals surface area contributed by atoms with Gasteiger partial charge in [0.15, 0.2) is 5.76 Å². The highest BCUT2D eigenvalue weighted by Gasteiger charge is 2.17. The molecule has 1 amide bonds. The third-order valence-corrected chi connectivity index (χ3v) is 4.54. The van der Waals surface area contributed by atoms with E-state index < -0.39 is 0 Å². The summed E-state index contributed by atoms with van der Waals surface area (Å²) >= 11 is 0. The number of H-pyrrole nitrogens is 1. The van der Waals surface area contributed by atoms with Crippen LogP contribution in [0.25, 0.3) is 0 Å². The summed E-state index contributed by atoms with van der Waals surface area (Å²) in [6.07, 6.45) is 2.70. The van der Waals surface area contributed by atoms with E-state index in [1.807, 2.05) is 18.2 Å². The van der Waals surface area contributed by atoms with E-state index in [1.165, 1.54) is 6.07 Å². The number of aromatic amines is 1. The number of amides is 1. The van der Waals surface area contributed by atoms with E-state index >= 15 is 0 Å². The van der Waals surface area contributed by atoms with E-state index in [0.717, 1.165) is 24.2 Å². The summed E-state index contributed by atoms with van der Waals surface area (Å²) in [6, 6.07) is 12.5. The van der Waals surface area contributed by atoms with Gasteiger partial charge in [-0.1, -0.05) is 12.1 Å². The Balaban J connectivity index is 1.32. The highest BCUT2D eigenvalue weighted by Crippen LogP contribution is 2.19. The van der Waals surface area contributed by atoms with Crippen LogP contribution in [0.1, 0.15) is 39.8 Å². The minimum atomic E-state index is -0.341. The normalized spacial score (nSPS) is 15.9. The zero-order valence-corrected chi connectivity index (χ0v) is 15.6.